The van der Waals surface area contributed by atoms with Gasteiger partial charge in [-0.2, -0.15) is 0 Å². The van der Waals surface area contributed by atoms with Crippen LogP contribution in [0.2, 0.25) is 12.6 Å². The Morgan fingerprint density at radius 1 is 1.21 bits per heavy atom. The third-order valence-electron chi connectivity index (χ3n) is 1.48. The number of rotatable bonds is 5. The lowest BCUT2D eigenvalue weighted by Crippen LogP contribution is -2.41. The van der Waals surface area contributed by atoms with Crippen molar-refractivity contribution in [3.05, 3.63) is 0 Å². The molecule has 0 aliphatic carbocycles. The van der Waals surface area contributed by atoms with Crippen LogP contribution in [0, 0.1) is 0 Å². The van der Waals surface area contributed by atoms with E-state index in [1.165, 1.54) is 13.8 Å². The van der Waals surface area contributed by atoms with E-state index in [4.69, 9.17) is 20.5 Å². The van der Waals surface area contributed by atoms with Crippen LogP contribution in [0.4, 0.5) is 0 Å². The Balaban J connectivity index is 4.31. The molecule has 82 valence electrons. The fraction of sp³-hybridized carbons (Fsp3) is 0.750. The van der Waals surface area contributed by atoms with E-state index in [-0.39, 0.29) is 0 Å². The predicted molar refractivity (Wildman–Crippen MR) is 55.3 cm³/mol. The topological polar surface area (TPSA) is 52.6 Å². The molecule has 0 aliphatic rings. The Labute approximate surface area is 89.8 Å². The molecule has 0 radical (unpaired) electrons. The molecule has 0 spiro atoms. The zero-order valence-electron chi connectivity index (χ0n) is 8.63. The van der Waals surface area contributed by atoms with E-state index in [0.717, 1.165) is 0 Å². The second-order valence-electron chi connectivity index (χ2n) is 3.11. The third-order valence-corrected chi connectivity index (χ3v) is 4.45. The Morgan fingerprint density at radius 3 is 1.93 bits per heavy atom. The van der Waals surface area contributed by atoms with Crippen LogP contribution in [-0.2, 0) is 18.4 Å². The van der Waals surface area contributed by atoms with Crippen molar-refractivity contribution in [2.24, 2.45) is 0 Å². The number of carbonyl (C=O) groups is 2. The summed E-state index contributed by atoms with van der Waals surface area (Å²) in [4.78, 5) is 21.6. The first kappa shape index (κ1) is 13.4. The third kappa shape index (κ3) is 5.99. The van der Waals surface area contributed by atoms with Crippen LogP contribution in [0.1, 0.15) is 20.3 Å². The van der Waals surface area contributed by atoms with Gasteiger partial charge in [0, 0.05) is 32.3 Å². The largest absolute Gasteiger partial charge is 0.485 e. The highest BCUT2D eigenvalue weighted by molar-refractivity contribution is 6.69. The molecule has 0 N–H and O–H groups in total. The van der Waals surface area contributed by atoms with Crippen molar-refractivity contribution in [1.29, 1.82) is 0 Å². The van der Waals surface area contributed by atoms with E-state index in [2.05, 4.69) is 0 Å². The number of halogens is 1. The van der Waals surface area contributed by atoms with E-state index in [9.17, 15) is 9.59 Å². The molecular formula is C8H15ClO4Si. The lowest BCUT2D eigenvalue weighted by molar-refractivity contribution is -0.138. The van der Waals surface area contributed by atoms with Gasteiger partial charge in [0.15, 0.2) is 0 Å². The van der Waals surface area contributed by atoms with Gasteiger partial charge < -0.3 is 8.85 Å². The standard InChI is InChI=1S/C8H15ClO4Si/c1-7(10)12-14(3,6-4-5-9)13-8(2)11/h4-6H2,1-3H3. The van der Waals surface area contributed by atoms with Crippen LogP contribution in [0.5, 0.6) is 0 Å². The maximum atomic E-state index is 10.8. The summed E-state index contributed by atoms with van der Waals surface area (Å²) >= 11 is 5.52. The Morgan fingerprint density at radius 2 is 1.64 bits per heavy atom. The summed E-state index contributed by atoms with van der Waals surface area (Å²) in [5.41, 5.74) is 0. The molecule has 14 heavy (non-hydrogen) atoms. The van der Waals surface area contributed by atoms with Gasteiger partial charge in [-0.05, 0) is 6.42 Å². The molecule has 6 heteroatoms. The first-order chi connectivity index (χ1) is 6.39. The second-order valence-corrected chi connectivity index (χ2v) is 6.67. The zero-order valence-corrected chi connectivity index (χ0v) is 10.4. The second kappa shape index (κ2) is 6.03. The van der Waals surface area contributed by atoms with E-state index in [1.807, 2.05) is 0 Å². The van der Waals surface area contributed by atoms with Crippen LogP contribution in [-0.4, -0.2) is 26.4 Å². The lowest BCUT2D eigenvalue weighted by atomic mass is 10.6. The average molecular weight is 239 g/mol. The molecule has 0 saturated carbocycles. The van der Waals surface area contributed by atoms with Gasteiger partial charge in [0.05, 0.1) is 0 Å². The van der Waals surface area contributed by atoms with Gasteiger partial charge >= 0.3 is 8.56 Å². The summed E-state index contributed by atoms with van der Waals surface area (Å²) < 4.78 is 10.1. The highest BCUT2D eigenvalue weighted by atomic mass is 35.5. The van der Waals surface area contributed by atoms with Gasteiger partial charge in [-0.1, -0.05) is 0 Å². The molecule has 0 heterocycles. The van der Waals surface area contributed by atoms with E-state index >= 15 is 0 Å². The van der Waals surface area contributed by atoms with Crippen LogP contribution in [0.15, 0.2) is 0 Å². The maximum Gasteiger partial charge on any atom is 0.461 e. The number of carbonyl (C=O) groups excluding carboxylic acids is 2. The van der Waals surface area contributed by atoms with Gasteiger partial charge in [-0.25, -0.2) is 0 Å². The fourth-order valence-corrected chi connectivity index (χ4v) is 3.76. The van der Waals surface area contributed by atoms with Crippen molar-refractivity contribution in [2.75, 3.05) is 5.88 Å². The van der Waals surface area contributed by atoms with Gasteiger partial charge in [0.2, 0.25) is 0 Å². The highest BCUT2D eigenvalue weighted by Gasteiger charge is 2.37. The maximum absolute atomic E-state index is 10.8. The fourth-order valence-electron chi connectivity index (χ4n) is 1.12. The molecule has 0 unspecified atom stereocenters. The molecule has 0 fully saturated rings. The van der Waals surface area contributed by atoms with Crippen LogP contribution < -0.4 is 0 Å². The summed E-state index contributed by atoms with van der Waals surface area (Å²) in [7, 11) is -2.68. The summed E-state index contributed by atoms with van der Waals surface area (Å²) in [5.74, 6) is -0.379. The van der Waals surface area contributed by atoms with Crippen molar-refractivity contribution in [3.8, 4) is 0 Å². The number of hydrogen-bond donors (Lipinski definition) is 0. The summed E-state index contributed by atoms with van der Waals surface area (Å²) in [5, 5.41) is 0. The quantitative estimate of drug-likeness (QED) is 0.542. The van der Waals surface area contributed by atoms with Crippen LogP contribution >= 0.6 is 11.6 Å². The molecule has 0 rings (SSSR count). The Hall–Kier alpha value is -0.553. The molecule has 0 aromatic carbocycles. The molecule has 0 aromatic heterocycles. The molecule has 0 amide bonds. The molecule has 0 bridgehead atoms. The van der Waals surface area contributed by atoms with E-state index in [0.29, 0.717) is 18.3 Å². The van der Waals surface area contributed by atoms with Gasteiger partial charge in [0.1, 0.15) is 0 Å². The predicted octanol–water partition coefficient (Wildman–Crippen LogP) is 1.81. The highest BCUT2D eigenvalue weighted by Crippen LogP contribution is 2.16. The van der Waals surface area contributed by atoms with Gasteiger partial charge in [0.25, 0.3) is 11.9 Å². The smallest absolute Gasteiger partial charge is 0.461 e. The molecule has 0 atom stereocenters. The van der Waals surface area contributed by atoms with Crippen molar-refractivity contribution < 1.29 is 18.4 Å². The molecular weight excluding hydrogens is 224 g/mol. The first-order valence-corrected chi connectivity index (χ1v) is 7.40. The minimum atomic E-state index is -2.68. The summed E-state index contributed by atoms with van der Waals surface area (Å²) in [6.45, 7) is 4.28. The lowest BCUT2D eigenvalue weighted by Gasteiger charge is -2.24. The zero-order chi connectivity index (χ0) is 11.2. The first-order valence-electron chi connectivity index (χ1n) is 4.35. The van der Waals surface area contributed by atoms with Crippen LogP contribution in [0.25, 0.3) is 0 Å². The minimum Gasteiger partial charge on any atom is -0.485 e. The van der Waals surface area contributed by atoms with Crippen LogP contribution in [0.3, 0.4) is 0 Å². The van der Waals surface area contributed by atoms with Gasteiger partial charge in [-0.15, -0.1) is 11.6 Å². The normalized spacial score (nSPS) is 10.9. The van der Waals surface area contributed by atoms with Gasteiger partial charge in [-0.3, -0.25) is 9.59 Å². The summed E-state index contributed by atoms with van der Waals surface area (Å²) in [6.07, 6.45) is 0.671. The Bertz CT molecular complexity index is 203. The monoisotopic (exact) mass is 238 g/mol. The van der Waals surface area contributed by atoms with Crippen molar-refractivity contribution >= 4 is 32.1 Å². The van der Waals surface area contributed by atoms with E-state index in [1.54, 1.807) is 6.55 Å². The average Bonchev–Trinajstić information content (AvgIpc) is 1.97. The molecule has 0 aromatic rings. The van der Waals surface area contributed by atoms with Crippen molar-refractivity contribution in [2.45, 2.75) is 32.9 Å². The molecule has 0 aliphatic heterocycles. The number of alkyl halides is 1. The SMILES string of the molecule is CC(=O)O[Si](C)(CCCCl)OC(C)=O. The van der Waals surface area contributed by atoms with E-state index < -0.39 is 20.5 Å². The summed E-state index contributed by atoms with van der Waals surface area (Å²) in [6, 6.07) is 0.537. The number of hydrogen-bond acceptors (Lipinski definition) is 4. The minimum absolute atomic E-state index is 0.421. The van der Waals surface area contributed by atoms with Crippen molar-refractivity contribution in [1.82, 2.24) is 0 Å². The molecule has 4 nitrogen and oxygen atoms in total. The van der Waals surface area contributed by atoms with Crippen molar-refractivity contribution in [3.63, 3.8) is 0 Å². The Kier molecular flexibility index (Phi) is 5.79. The molecule has 0 saturated heterocycles.